The van der Waals surface area contributed by atoms with Gasteiger partial charge in [0.1, 0.15) is 4.99 Å². The lowest BCUT2D eigenvalue weighted by Crippen LogP contribution is -2.39. The Morgan fingerprint density at radius 1 is 1.57 bits per heavy atom. The molecule has 0 saturated carbocycles. The average molecular weight is 307 g/mol. The van der Waals surface area contributed by atoms with Crippen LogP contribution < -0.4 is 11.3 Å². The van der Waals surface area contributed by atoms with Gasteiger partial charge in [-0.3, -0.25) is 4.79 Å². The van der Waals surface area contributed by atoms with Gasteiger partial charge >= 0.3 is 0 Å². The minimum absolute atomic E-state index is 0.0682. The van der Waals surface area contributed by atoms with Crippen molar-refractivity contribution < 1.29 is 4.74 Å². The zero-order valence-corrected chi connectivity index (χ0v) is 13.1. The monoisotopic (exact) mass is 307 g/mol. The molecule has 1 unspecified atom stereocenters. The Morgan fingerprint density at radius 3 is 3.05 bits per heavy atom. The summed E-state index contributed by atoms with van der Waals surface area (Å²) in [6, 6.07) is 1.88. The summed E-state index contributed by atoms with van der Waals surface area (Å²) in [5, 5.41) is 0. The summed E-state index contributed by atoms with van der Waals surface area (Å²) in [6.07, 6.45) is 3.09. The molecule has 0 aromatic carbocycles. The largest absolute Gasteiger partial charge is 0.389 e. The molecule has 0 amide bonds. The Labute approximate surface area is 129 Å². The number of ether oxygens (including phenoxy) is 1. The molecule has 1 fully saturated rings. The minimum atomic E-state index is -0.0682. The highest BCUT2D eigenvalue weighted by atomic mass is 32.1. The number of nitrogens with two attached hydrogens (primary N) is 1. The van der Waals surface area contributed by atoms with Gasteiger partial charge in [-0.1, -0.05) is 12.2 Å². The predicted octanol–water partition coefficient (Wildman–Crippen LogP) is 0.649. The number of fused-ring (bicyclic) bond motifs is 1. The number of likely N-dealkylation sites (N-methyl/N-ethyl adjacent to an activating group) is 1. The second-order valence-corrected chi connectivity index (χ2v) is 6.37. The normalized spacial score (nSPS) is 22.2. The molecule has 5 nitrogen and oxygen atoms in total. The molecule has 21 heavy (non-hydrogen) atoms. The summed E-state index contributed by atoms with van der Waals surface area (Å²) in [5.74, 6) is 0. The van der Waals surface area contributed by atoms with E-state index in [1.165, 1.54) is 0 Å². The van der Waals surface area contributed by atoms with Gasteiger partial charge in [0.25, 0.3) is 5.56 Å². The van der Waals surface area contributed by atoms with Gasteiger partial charge in [0, 0.05) is 31.8 Å². The van der Waals surface area contributed by atoms with Crippen molar-refractivity contribution in [2.45, 2.75) is 38.5 Å². The second kappa shape index (κ2) is 5.87. The number of pyridine rings is 1. The van der Waals surface area contributed by atoms with Gasteiger partial charge in [-0.25, -0.2) is 0 Å². The Morgan fingerprint density at radius 2 is 2.38 bits per heavy atom. The summed E-state index contributed by atoms with van der Waals surface area (Å²) in [6.45, 7) is 3.20. The molecule has 6 heteroatoms. The van der Waals surface area contributed by atoms with Crippen LogP contribution >= 0.6 is 12.2 Å². The fourth-order valence-electron chi connectivity index (χ4n) is 3.22. The Balaban J connectivity index is 2.06. The number of hydrogen-bond acceptors (Lipinski definition) is 4. The summed E-state index contributed by atoms with van der Waals surface area (Å²) < 4.78 is 7.54. The van der Waals surface area contributed by atoms with E-state index in [9.17, 15) is 4.79 Å². The van der Waals surface area contributed by atoms with Crippen molar-refractivity contribution in [3.63, 3.8) is 0 Å². The first kappa shape index (κ1) is 14.7. The van der Waals surface area contributed by atoms with Crippen LogP contribution in [0.5, 0.6) is 0 Å². The van der Waals surface area contributed by atoms with Crippen molar-refractivity contribution in [1.29, 1.82) is 0 Å². The number of hydrogen-bond donors (Lipinski definition) is 1. The smallest absolute Gasteiger partial charge is 0.261 e. The Hall–Kier alpha value is -1.24. The summed E-state index contributed by atoms with van der Waals surface area (Å²) in [7, 11) is 2.08. The van der Waals surface area contributed by atoms with E-state index in [4.69, 9.17) is 22.7 Å². The Kier molecular flexibility index (Phi) is 4.10. The first-order chi connectivity index (χ1) is 10.1. The van der Waals surface area contributed by atoms with Crippen LogP contribution in [0.2, 0.25) is 0 Å². The first-order valence-electron chi connectivity index (χ1n) is 7.42. The van der Waals surface area contributed by atoms with Gasteiger partial charge in [0.05, 0.1) is 18.2 Å². The van der Waals surface area contributed by atoms with E-state index in [1.54, 1.807) is 0 Å². The number of aromatic nitrogens is 1. The molecule has 3 rings (SSSR count). The molecule has 0 bridgehead atoms. The van der Waals surface area contributed by atoms with Crippen LogP contribution in [0, 0.1) is 0 Å². The topological polar surface area (TPSA) is 60.5 Å². The van der Waals surface area contributed by atoms with Crippen LogP contribution in [0.15, 0.2) is 10.9 Å². The lowest BCUT2D eigenvalue weighted by atomic mass is 10.0. The third-order valence-corrected chi connectivity index (χ3v) is 4.56. The summed E-state index contributed by atoms with van der Waals surface area (Å²) in [5.41, 5.74) is 8.40. The van der Waals surface area contributed by atoms with Crippen LogP contribution in [0.3, 0.4) is 0 Å². The lowest BCUT2D eigenvalue weighted by molar-refractivity contribution is 0.0948. The maximum atomic E-state index is 12.7. The third kappa shape index (κ3) is 2.88. The lowest BCUT2D eigenvalue weighted by Gasteiger charge is -2.29. The second-order valence-electron chi connectivity index (χ2n) is 5.93. The van der Waals surface area contributed by atoms with Gasteiger partial charge < -0.3 is 19.9 Å². The molecule has 114 valence electrons. The van der Waals surface area contributed by atoms with Crippen LogP contribution in [0.25, 0.3) is 0 Å². The maximum absolute atomic E-state index is 12.7. The summed E-state index contributed by atoms with van der Waals surface area (Å²) in [4.78, 5) is 15.1. The molecular formula is C15H21N3O2S. The standard InChI is InChI=1S/C15H21N3O2S/c1-17-5-4-13-10(8-17)7-12(14(16)21)15(19)18(13)9-11-3-2-6-20-11/h7,11H,2-6,8-9H2,1H3,(H2,16,21). The fraction of sp³-hybridized carbons (Fsp3) is 0.600. The molecule has 1 atom stereocenters. The van der Waals surface area contributed by atoms with E-state index in [0.29, 0.717) is 12.1 Å². The van der Waals surface area contributed by atoms with Crippen LogP contribution in [0.4, 0.5) is 0 Å². The van der Waals surface area contributed by atoms with E-state index in [0.717, 1.165) is 50.2 Å². The molecule has 2 aliphatic rings. The van der Waals surface area contributed by atoms with Crippen LogP contribution in [-0.4, -0.2) is 40.8 Å². The average Bonchev–Trinajstić information content (AvgIpc) is 2.94. The number of rotatable bonds is 3. The van der Waals surface area contributed by atoms with Crippen molar-refractivity contribution in [1.82, 2.24) is 9.47 Å². The van der Waals surface area contributed by atoms with E-state index >= 15 is 0 Å². The molecule has 0 aliphatic carbocycles. The molecule has 1 aromatic heterocycles. The molecule has 0 radical (unpaired) electrons. The van der Waals surface area contributed by atoms with Crippen molar-refractivity contribution in [3.05, 3.63) is 33.2 Å². The van der Waals surface area contributed by atoms with Gasteiger partial charge in [-0.2, -0.15) is 0 Å². The van der Waals surface area contributed by atoms with Gasteiger partial charge in [-0.05, 0) is 31.5 Å². The Bertz CT molecular complexity index is 620. The van der Waals surface area contributed by atoms with Crippen molar-refractivity contribution in [2.24, 2.45) is 5.73 Å². The molecule has 1 saturated heterocycles. The van der Waals surface area contributed by atoms with Crippen molar-refractivity contribution in [2.75, 3.05) is 20.2 Å². The number of nitrogens with zero attached hydrogens (tertiary/aromatic N) is 2. The van der Waals surface area contributed by atoms with E-state index in [1.807, 2.05) is 10.6 Å². The van der Waals surface area contributed by atoms with Crippen molar-refractivity contribution in [3.8, 4) is 0 Å². The highest BCUT2D eigenvalue weighted by Crippen LogP contribution is 2.20. The summed E-state index contributed by atoms with van der Waals surface area (Å²) >= 11 is 5.05. The predicted molar refractivity (Wildman–Crippen MR) is 85.6 cm³/mol. The molecule has 3 heterocycles. The molecule has 2 aliphatic heterocycles. The van der Waals surface area contributed by atoms with Crippen LogP contribution in [-0.2, 0) is 24.2 Å². The van der Waals surface area contributed by atoms with Crippen molar-refractivity contribution >= 4 is 17.2 Å². The van der Waals surface area contributed by atoms with Gasteiger partial charge in [0.2, 0.25) is 0 Å². The molecular weight excluding hydrogens is 286 g/mol. The van der Waals surface area contributed by atoms with E-state index < -0.39 is 0 Å². The third-order valence-electron chi connectivity index (χ3n) is 4.34. The molecule has 1 aromatic rings. The van der Waals surface area contributed by atoms with E-state index in [-0.39, 0.29) is 16.7 Å². The fourth-order valence-corrected chi connectivity index (χ4v) is 3.37. The van der Waals surface area contributed by atoms with Gasteiger partial charge in [-0.15, -0.1) is 0 Å². The van der Waals surface area contributed by atoms with Gasteiger partial charge in [0.15, 0.2) is 0 Å². The molecule has 0 spiro atoms. The van der Waals surface area contributed by atoms with Crippen LogP contribution in [0.1, 0.15) is 29.7 Å². The highest BCUT2D eigenvalue weighted by molar-refractivity contribution is 7.80. The maximum Gasteiger partial charge on any atom is 0.261 e. The van der Waals surface area contributed by atoms with E-state index in [2.05, 4.69) is 11.9 Å². The quantitative estimate of drug-likeness (QED) is 0.831. The SMILES string of the molecule is CN1CCc2c(cc(C(N)=S)c(=O)n2CC2CCCO2)C1. The number of thiocarbonyl (C=S) groups is 1. The highest BCUT2D eigenvalue weighted by Gasteiger charge is 2.24. The minimum Gasteiger partial charge on any atom is -0.389 e. The zero-order valence-electron chi connectivity index (χ0n) is 12.3. The zero-order chi connectivity index (χ0) is 15.0. The molecule has 2 N–H and O–H groups in total. The first-order valence-corrected chi connectivity index (χ1v) is 7.82.